The number of benzene rings is 1. The van der Waals surface area contributed by atoms with Crippen LogP contribution in [0.15, 0.2) is 53.4 Å². The van der Waals surface area contributed by atoms with Crippen LogP contribution < -0.4 is 5.32 Å². The highest BCUT2D eigenvalue weighted by Gasteiger charge is 2.23. The first-order valence-corrected chi connectivity index (χ1v) is 9.17. The first-order valence-electron chi connectivity index (χ1n) is 8.23. The largest absolute Gasteiger partial charge is 0.322 e. The highest BCUT2D eigenvalue weighted by atomic mass is 32.1. The summed E-state index contributed by atoms with van der Waals surface area (Å²) in [6, 6.07) is 10.9. The van der Waals surface area contributed by atoms with E-state index in [1.54, 1.807) is 17.5 Å². The fraction of sp³-hybridized carbons (Fsp3) is 0.167. The fourth-order valence-corrected chi connectivity index (χ4v) is 3.37. The third-order valence-corrected chi connectivity index (χ3v) is 4.75. The summed E-state index contributed by atoms with van der Waals surface area (Å²) in [5.41, 5.74) is 2.32. The van der Waals surface area contributed by atoms with Crippen molar-refractivity contribution >= 4 is 33.8 Å². The van der Waals surface area contributed by atoms with Crippen molar-refractivity contribution in [1.82, 2.24) is 25.2 Å². The Balaban J connectivity index is 1.60. The smallest absolute Gasteiger partial charge is 0.251 e. The molecule has 0 aliphatic heterocycles. The topological polar surface area (TPSA) is 85.6 Å². The summed E-state index contributed by atoms with van der Waals surface area (Å²) in [5, 5.41) is 20.3. The maximum Gasteiger partial charge on any atom is 0.251 e. The molecule has 8 heteroatoms. The first kappa shape index (κ1) is 16.3. The van der Waals surface area contributed by atoms with Crippen molar-refractivity contribution in [2.75, 3.05) is 5.32 Å². The lowest BCUT2D eigenvalue weighted by molar-refractivity contribution is -0.119. The van der Waals surface area contributed by atoms with Gasteiger partial charge in [0.25, 0.3) is 5.91 Å². The highest BCUT2D eigenvalue weighted by Crippen LogP contribution is 2.23. The molecule has 0 unspecified atom stereocenters. The van der Waals surface area contributed by atoms with Crippen LogP contribution in [0.2, 0.25) is 0 Å². The van der Waals surface area contributed by atoms with E-state index in [4.69, 9.17) is 0 Å². The molecule has 1 amide bonds. The summed E-state index contributed by atoms with van der Waals surface area (Å²) < 4.78 is 0. The summed E-state index contributed by atoms with van der Waals surface area (Å²) in [5.74, 6) is 0.323. The summed E-state index contributed by atoms with van der Waals surface area (Å²) in [4.78, 5) is 18.6. The van der Waals surface area contributed by atoms with E-state index in [1.165, 1.54) is 4.80 Å². The molecule has 0 bridgehead atoms. The molecule has 3 heterocycles. The molecule has 0 saturated carbocycles. The lowest BCUT2D eigenvalue weighted by Crippen LogP contribution is -2.27. The average Bonchev–Trinajstić information content (AvgIpc) is 3.34. The summed E-state index contributed by atoms with van der Waals surface area (Å²) in [7, 11) is 0. The van der Waals surface area contributed by atoms with Crippen LogP contribution in [0.5, 0.6) is 0 Å². The van der Waals surface area contributed by atoms with Crippen molar-refractivity contribution in [3.63, 3.8) is 0 Å². The summed E-state index contributed by atoms with van der Waals surface area (Å²) >= 11 is 1.56. The van der Waals surface area contributed by atoms with Crippen LogP contribution in [0.1, 0.15) is 19.4 Å². The molecule has 0 radical (unpaired) electrons. The van der Waals surface area contributed by atoms with E-state index in [-0.39, 0.29) is 5.91 Å². The van der Waals surface area contributed by atoms with E-state index < -0.39 is 6.04 Å². The predicted octanol–water partition coefficient (Wildman–Crippen LogP) is 3.54. The van der Waals surface area contributed by atoms with E-state index in [0.717, 1.165) is 16.5 Å². The number of thiophene rings is 1. The Bertz CT molecular complexity index is 1040. The van der Waals surface area contributed by atoms with Gasteiger partial charge in [-0.1, -0.05) is 25.1 Å². The molecule has 1 atom stereocenters. The molecule has 4 rings (SSSR count). The van der Waals surface area contributed by atoms with Gasteiger partial charge in [-0.15, -0.1) is 10.2 Å². The number of nitrogens with zero attached hydrogens (tertiary/aromatic N) is 5. The van der Waals surface area contributed by atoms with Crippen LogP contribution in [-0.2, 0) is 4.79 Å². The average molecular weight is 364 g/mol. The van der Waals surface area contributed by atoms with E-state index >= 15 is 0 Å². The molecule has 26 heavy (non-hydrogen) atoms. The molecule has 4 aromatic rings. The molecule has 1 N–H and O–H groups in total. The fourth-order valence-electron chi connectivity index (χ4n) is 2.74. The monoisotopic (exact) mass is 364 g/mol. The Kier molecular flexibility index (Phi) is 4.40. The van der Waals surface area contributed by atoms with E-state index in [0.29, 0.717) is 17.9 Å². The van der Waals surface area contributed by atoms with Crippen LogP contribution >= 0.6 is 11.3 Å². The zero-order chi connectivity index (χ0) is 17.9. The second-order valence-electron chi connectivity index (χ2n) is 5.74. The van der Waals surface area contributed by atoms with Crippen molar-refractivity contribution in [3.8, 4) is 11.4 Å². The number of hydrogen-bond donors (Lipinski definition) is 1. The van der Waals surface area contributed by atoms with Crippen molar-refractivity contribution in [2.45, 2.75) is 19.4 Å². The van der Waals surface area contributed by atoms with Gasteiger partial charge in [0, 0.05) is 22.5 Å². The summed E-state index contributed by atoms with van der Waals surface area (Å²) in [6.07, 6.45) is 2.25. The standard InChI is InChI=1S/C18H16N6OS/c1-2-15(24-22-17(21-23-24)13-8-10-26-11-13)18(25)20-14-7-3-5-12-6-4-9-19-16(12)14/h3-11,15H,2H2,1H3,(H,20,25)/t15-/m1/s1. The molecule has 3 aromatic heterocycles. The maximum atomic E-state index is 12.8. The van der Waals surface area contributed by atoms with Crippen LogP contribution in [0.3, 0.4) is 0 Å². The number of amides is 1. The SMILES string of the molecule is CC[C@H](C(=O)Nc1cccc2cccnc12)n1nnc(-c2ccsc2)n1. The number of carbonyl (C=O) groups is 1. The molecule has 7 nitrogen and oxygen atoms in total. The Morgan fingerprint density at radius 2 is 2.15 bits per heavy atom. The van der Waals surface area contributed by atoms with E-state index in [2.05, 4.69) is 25.7 Å². The van der Waals surface area contributed by atoms with Crippen LogP contribution in [0.4, 0.5) is 5.69 Å². The molecule has 0 aliphatic rings. The lowest BCUT2D eigenvalue weighted by atomic mass is 10.1. The second kappa shape index (κ2) is 7.01. The Morgan fingerprint density at radius 1 is 1.27 bits per heavy atom. The summed E-state index contributed by atoms with van der Waals surface area (Å²) in [6.45, 7) is 1.92. The van der Waals surface area contributed by atoms with Crippen molar-refractivity contribution in [3.05, 3.63) is 53.4 Å². The zero-order valence-corrected chi connectivity index (χ0v) is 14.8. The van der Waals surface area contributed by atoms with Gasteiger partial charge < -0.3 is 5.32 Å². The molecular weight excluding hydrogens is 348 g/mol. The van der Waals surface area contributed by atoms with Gasteiger partial charge in [-0.2, -0.15) is 16.1 Å². The van der Waals surface area contributed by atoms with Gasteiger partial charge in [0.1, 0.15) is 0 Å². The van der Waals surface area contributed by atoms with Gasteiger partial charge in [-0.05, 0) is 35.2 Å². The highest BCUT2D eigenvalue weighted by molar-refractivity contribution is 7.08. The predicted molar refractivity (Wildman–Crippen MR) is 101 cm³/mol. The quantitative estimate of drug-likeness (QED) is 0.585. The molecule has 130 valence electrons. The molecular formula is C18H16N6OS. The number of hydrogen-bond acceptors (Lipinski definition) is 6. The number of tetrazole rings is 1. The number of carbonyl (C=O) groups excluding carboxylic acids is 1. The second-order valence-corrected chi connectivity index (χ2v) is 6.52. The normalized spacial score (nSPS) is 12.2. The van der Waals surface area contributed by atoms with Crippen molar-refractivity contribution in [2.24, 2.45) is 0 Å². The maximum absolute atomic E-state index is 12.8. The van der Waals surface area contributed by atoms with Gasteiger partial charge in [-0.25, -0.2) is 0 Å². The van der Waals surface area contributed by atoms with Gasteiger partial charge in [0.05, 0.1) is 11.2 Å². The van der Waals surface area contributed by atoms with Crippen LogP contribution in [0.25, 0.3) is 22.3 Å². The van der Waals surface area contributed by atoms with Crippen LogP contribution in [-0.4, -0.2) is 31.1 Å². The third kappa shape index (κ3) is 3.06. The van der Waals surface area contributed by atoms with Crippen LogP contribution in [0, 0.1) is 0 Å². The number of anilines is 1. The number of fused-ring (bicyclic) bond motifs is 1. The van der Waals surface area contributed by atoms with Gasteiger partial charge >= 0.3 is 0 Å². The minimum Gasteiger partial charge on any atom is -0.322 e. The third-order valence-electron chi connectivity index (χ3n) is 4.07. The molecule has 1 aromatic carbocycles. The molecule has 0 spiro atoms. The zero-order valence-electron chi connectivity index (χ0n) is 14.0. The number of para-hydroxylation sites is 1. The lowest BCUT2D eigenvalue weighted by Gasteiger charge is -2.14. The number of nitrogens with one attached hydrogen (secondary N) is 1. The van der Waals surface area contributed by atoms with Gasteiger partial charge in [-0.3, -0.25) is 9.78 Å². The van der Waals surface area contributed by atoms with Gasteiger partial charge in [0.15, 0.2) is 6.04 Å². The Morgan fingerprint density at radius 3 is 2.96 bits per heavy atom. The minimum absolute atomic E-state index is 0.195. The van der Waals surface area contributed by atoms with E-state index in [1.807, 2.05) is 54.1 Å². The van der Waals surface area contributed by atoms with Gasteiger partial charge in [0.2, 0.25) is 5.82 Å². The molecule has 0 fully saturated rings. The number of pyridine rings is 1. The molecule has 0 aliphatic carbocycles. The molecule has 0 saturated heterocycles. The Hall–Kier alpha value is -3.13. The number of aromatic nitrogens is 5. The Labute approximate surface area is 153 Å². The van der Waals surface area contributed by atoms with Crippen molar-refractivity contribution in [1.29, 1.82) is 0 Å². The van der Waals surface area contributed by atoms with Crippen molar-refractivity contribution < 1.29 is 4.79 Å². The van der Waals surface area contributed by atoms with E-state index in [9.17, 15) is 4.79 Å². The first-order chi connectivity index (χ1) is 12.8. The number of rotatable bonds is 5. The minimum atomic E-state index is -0.547.